The summed E-state index contributed by atoms with van der Waals surface area (Å²) in [6.45, 7) is 6.67. The van der Waals surface area contributed by atoms with Gasteiger partial charge >= 0.3 is 0 Å². The first-order chi connectivity index (χ1) is 5.31. The Morgan fingerprint density at radius 3 is 2.55 bits per heavy atom. The third-order valence-electron chi connectivity index (χ3n) is 1.24. The number of methoxy groups -OCH3 is 1. The largest absolute Gasteiger partial charge is 0.382 e. The summed E-state index contributed by atoms with van der Waals surface area (Å²) in [5, 5.41) is 0. The Hall–Kier alpha value is -0.120. The van der Waals surface area contributed by atoms with Gasteiger partial charge in [0.25, 0.3) is 0 Å². The van der Waals surface area contributed by atoms with Gasteiger partial charge in [0.15, 0.2) is 0 Å². The molecule has 0 saturated heterocycles. The van der Waals surface area contributed by atoms with E-state index in [1.807, 2.05) is 13.8 Å². The molecule has 0 amide bonds. The van der Waals surface area contributed by atoms with Crippen LogP contribution in [-0.2, 0) is 14.2 Å². The average molecular weight is 162 g/mol. The summed E-state index contributed by atoms with van der Waals surface area (Å²) >= 11 is 0. The lowest BCUT2D eigenvalue weighted by molar-refractivity contribution is -0.0144. The molecule has 68 valence electrons. The van der Waals surface area contributed by atoms with E-state index in [0.29, 0.717) is 19.8 Å². The maximum Gasteiger partial charge on any atom is 0.0780 e. The van der Waals surface area contributed by atoms with Gasteiger partial charge in [0.05, 0.1) is 25.9 Å². The highest BCUT2D eigenvalue weighted by Crippen LogP contribution is 1.90. The monoisotopic (exact) mass is 162 g/mol. The molecule has 0 aromatic carbocycles. The van der Waals surface area contributed by atoms with E-state index in [4.69, 9.17) is 14.2 Å². The first kappa shape index (κ1) is 10.9. The van der Waals surface area contributed by atoms with Crippen molar-refractivity contribution in [3.63, 3.8) is 0 Å². The van der Waals surface area contributed by atoms with Gasteiger partial charge < -0.3 is 14.2 Å². The van der Waals surface area contributed by atoms with Crippen LogP contribution in [0.3, 0.4) is 0 Å². The summed E-state index contributed by atoms with van der Waals surface area (Å²) in [5.41, 5.74) is 0. The quantitative estimate of drug-likeness (QED) is 0.524. The van der Waals surface area contributed by atoms with E-state index in [9.17, 15) is 0 Å². The molecule has 0 saturated carbocycles. The summed E-state index contributed by atoms with van der Waals surface area (Å²) in [6, 6.07) is 0. The highest BCUT2D eigenvalue weighted by Gasteiger charge is 1.99. The Morgan fingerprint density at radius 1 is 1.27 bits per heavy atom. The lowest BCUT2D eigenvalue weighted by atomic mass is 10.4. The van der Waals surface area contributed by atoms with E-state index >= 15 is 0 Å². The summed E-state index contributed by atoms with van der Waals surface area (Å²) in [5.74, 6) is 0. The van der Waals surface area contributed by atoms with Gasteiger partial charge in [0.1, 0.15) is 0 Å². The zero-order valence-corrected chi connectivity index (χ0v) is 7.63. The average Bonchev–Trinajstić information content (AvgIpc) is 1.99. The van der Waals surface area contributed by atoms with Crippen molar-refractivity contribution in [2.24, 2.45) is 0 Å². The lowest BCUT2D eigenvalue weighted by Gasteiger charge is -2.11. The van der Waals surface area contributed by atoms with E-state index < -0.39 is 0 Å². The maximum atomic E-state index is 5.26. The Labute approximate surface area is 68.6 Å². The van der Waals surface area contributed by atoms with Crippen LogP contribution < -0.4 is 0 Å². The van der Waals surface area contributed by atoms with Crippen LogP contribution in [0.1, 0.15) is 13.8 Å². The zero-order chi connectivity index (χ0) is 8.53. The van der Waals surface area contributed by atoms with Crippen molar-refractivity contribution in [1.82, 2.24) is 0 Å². The van der Waals surface area contributed by atoms with Gasteiger partial charge in [-0.15, -0.1) is 0 Å². The smallest absolute Gasteiger partial charge is 0.0780 e. The third kappa shape index (κ3) is 7.78. The normalized spacial score (nSPS) is 13.4. The molecule has 0 aromatic rings. The molecule has 0 aromatic heterocycles. The standard InChI is InChI=1S/C8H18O3/c1-4-11-8(2)7-10-6-5-9-3/h8H,4-7H2,1-3H3. The second kappa shape index (κ2) is 7.98. The molecule has 0 N–H and O–H groups in total. The van der Waals surface area contributed by atoms with Crippen molar-refractivity contribution in [1.29, 1.82) is 0 Å². The van der Waals surface area contributed by atoms with Gasteiger partial charge in [0, 0.05) is 13.7 Å². The van der Waals surface area contributed by atoms with Gasteiger partial charge in [-0.1, -0.05) is 0 Å². The van der Waals surface area contributed by atoms with Gasteiger partial charge in [-0.3, -0.25) is 0 Å². The number of hydrogen-bond acceptors (Lipinski definition) is 3. The minimum atomic E-state index is 0.192. The molecule has 0 aliphatic heterocycles. The van der Waals surface area contributed by atoms with E-state index in [-0.39, 0.29) is 6.10 Å². The Bertz CT molecular complexity index is 75.7. The third-order valence-corrected chi connectivity index (χ3v) is 1.24. The molecule has 0 heterocycles. The van der Waals surface area contributed by atoms with Crippen molar-refractivity contribution in [3.8, 4) is 0 Å². The first-order valence-electron chi connectivity index (χ1n) is 3.99. The molecule has 0 bridgehead atoms. The van der Waals surface area contributed by atoms with E-state index in [2.05, 4.69) is 0 Å². The summed E-state index contributed by atoms with van der Waals surface area (Å²) < 4.78 is 15.3. The highest BCUT2D eigenvalue weighted by molar-refractivity contribution is 4.45. The molecule has 0 spiro atoms. The van der Waals surface area contributed by atoms with Crippen molar-refractivity contribution >= 4 is 0 Å². The minimum absolute atomic E-state index is 0.192. The van der Waals surface area contributed by atoms with E-state index in [0.717, 1.165) is 6.61 Å². The van der Waals surface area contributed by atoms with E-state index in [1.54, 1.807) is 7.11 Å². The lowest BCUT2D eigenvalue weighted by Crippen LogP contribution is -2.17. The SMILES string of the molecule is CCOC(C)COCCOC. The van der Waals surface area contributed by atoms with Crippen molar-refractivity contribution in [2.75, 3.05) is 33.5 Å². The molecule has 0 aliphatic rings. The molecule has 1 atom stereocenters. The van der Waals surface area contributed by atoms with Crippen LogP contribution in [0.4, 0.5) is 0 Å². The molecule has 11 heavy (non-hydrogen) atoms. The van der Waals surface area contributed by atoms with E-state index in [1.165, 1.54) is 0 Å². The van der Waals surface area contributed by atoms with Crippen LogP contribution in [0.5, 0.6) is 0 Å². The molecule has 3 heteroatoms. The van der Waals surface area contributed by atoms with Crippen molar-refractivity contribution in [3.05, 3.63) is 0 Å². The van der Waals surface area contributed by atoms with Crippen molar-refractivity contribution < 1.29 is 14.2 Å². The number of rotatable bonds is 7. The van der Waals surface area contributed by atoms with Crippen LogP contribution in [0.2, 0.25) is 0 Å². The summed E-state index contributed by atoms with van der Waals surface area (Å²) in [7, 11) is 1.66. The number of ether oxygens (including phenoxy) is 3. The molecular formula is C8H18O3. The van der Waals surface area contributed by atoms with Crippen LogP contribution in [0.15, 0.2) is 0 Å². The molecule has 0 rings (SSSR count). The molecule has 1 unspecified atom stereocenters. The molecule has 3 nitrogen and oxygen atoms in total. The fourth-order valence-corrected chi connectivity index (χ4v) is 0.724. The predicted molar refractivity (Wildman–Crippen MR) is 43.8 cm³/mol. The van der Waals surface area contributed by atoms with Crippen molar-refractivity contribution in [2.45, 2.75) is 20.0 Å². The fraction of sp³-hybridized carbons (Fsp3) is 1.00. The predicted octanol–water partition coefficient (Wildman–Crippen LogP) is 1.07. The maximum absolute atomic E-state index is 5.26. The van der Waals surface area contributed by atoms with Gasteiger partial charge in [-0.2, -0.15) is 0 Å². The second-order valence-corrected chi connectivity index (χ2v) is 2.33. The van der Waals surface area contributed by atoms with Gasteiger partial charge in [-0.25, -0.2) is 0 Å². The highest BCUT2D eigenvalue weighted by atomic mass is 16.5. The minimum Gasteiger partial charge on any atom is -0.382 e. The molecule has 0 fully saturated rings. The molecule has 0 radical (unpaired) electrons. The van der Waals surface area contributed by atoms with Crippen LogP contribution in [0, 0.1) is 0 Å². The second-order valence-electron chi connectivity index (χ2n) is 2.33. The van der Waals surface area contributed by atoms with Crippen LogP contribution in [-0.4, -0.2) is 39.6 Å². The van der Waals surface area contributed by atoms with Gasteiger partial charge in [-0.05, 0) is 13.8 Å². The van der Waals surface area contributed by atoms with Crippen LogP contribution in [0.25, 0.3) is 0 Å². The fourth-order valence-electron chi connectivity index (χ4n) is 0.724. The first-order valence-corrected chi connectivity index (χ1v) is 3.99. The zero-order valence-electron chi connectivity index (χ0n) is 7.63. The Morgan fingerprint density at radius 2 is 2.00 bits per heavy atom. The Kier molecular flexibility index (Phi) is 7.89. The summed E-state index contributed by atoms with van der Waals surface area (Å²) in [6.07, 6.45) is 0.192. The molecule has 0 aliphatic carbocycles. The van der Waals surface area contributed by atoms with Gasteiger partial charge in [0.2, 0.25) is 0 Å². The Balaban J connectivity index is 2.97. The summed E-state index contributed by atoms with van der Waals surface area (Å²) in [4.78, 5) is 0. The topological polar surface area (TPSA) is 27.7 Å². The number of hydrogen-bond donors (Lipinski definition) is 0. The molecular weight excluding hydrogens is 144 g/mol. The van der Waals surface area contributed by atoms with Crippen LogP contribution >= 0.6 is 0 Å².